The molecular formula is C19H17N3. The Morgan fingerprint density at radius 3 is 1.59 bits per heavy atom. The predicted octanol–water partition coefficient (Wildman–Crippen LogP) is 4.37. The van der Waals surface area contributed by atoms with E-state index in [4.69, 9.17) is 0 Å². The van der Waals surface area contributed by atoms with Crippen LogP contribution in [0.25, 0.3) is 18.2 Å². The molecule has 0 amide bonds. The van der Waals surface area contributed by atoms with Crippen LogP contribution in [0.15, 0.2) is 80.0 Å². The fourth-order valence-electron chi connectivity index (χ4n) is 1.64. The van der Waals surface area contributed by atoms with Crippen molar-refractivity contribution in [2.24, 2.45) is 0 Å². The molecule has 0 radical (unpaired) electrons. The molecule has 3 rings (SSSR count). The summed E-state index contributed by atoms with van der Waals surface area (Å²) in [5.74, 6) is 0. The fraction of sp³-hybridized carbons (Fsp3) is 0. The number of pyridine rings is 3. The van der Waals surface area contributed by atoms with Gasteiger partial charge in [-0.05, 0) is 53.6 Å². The lowest BCUT2D eigenvalue weighted by Gasteiger charge is -1.92. The highest BCUT2D eigenvalue weighted by Crippen LogP contribution is 2.05. The zero-order valence-electron chi connectivity index (χ0n) is 12.2. The van der Waals surface area contributed by atoms with Crippen LogP contribution < -0.4 is 0 Å². The lowest BCUT2D eigenvalue weighted by molar-refractivity contribution is 1.30. The molecule has 0 spiro atoms. The van der Waals surface area contributed by atoms with Crippen LogP contribution in [-0.2, 0) is 0 Å². The molecule has 0 unspecified atom stereocenters. The molecule has 3 aromatic rings. The number of nitrogens with zero attached hydrogens (tertiary/aromatic N) is 3. The van der Waals surface area contributed by atoms with Crippen molar-refractivity contribution >= 4 is 18.2 Å². The Balaban J connectivity index is 0.000000188. The lowest BCUT2D eigenvalue weighted by atomic mass is 10.2. The van der Waals surface area contributed by atoms with Crippen LogP contribution in [0.1, 0.15) is 16.8 Å². The van der Waals surface area contributed by atoms with E-state index in [2.05, 4.69) is 33.7 Å². The first kappa shape index (κ1) is 15.3. The van der Waals surface area contributed by atoms with Gasteiger partial charge in [-0.15, -0.1) is 0 Å². The largest absolute Gasteiger partial charge is 0.265 e. The molecule has 22 heavy (non-hydrogen) atoms. The lowest BCUT2D eigenvalue weighted by Crippen LogP contribution is -1.74. The van der Waals surface area contributed by atoms with Crippen LogP contribution in [0.3, 0.4) is 0 Å². The summed E-state index contributed by atoms with van der Waals surface area (Å²) in [6.07, 6.45) is 14.7. The Hall–Kier alpha value is -3.07. The molecule has 0 N–H and O–H groups in total. The van der Waals surface area contributed by atoms with Crippen molar-refractivity contribution in [3.05, 3.63) is 96.8 Å². The van der Waals surface area contributed by atoms with Crippen molar-refractivity contribution in [2.45, 2.75) is 0 Å². The summed E-state index contributed by atoms with van der Waals surface area (Å²) in [7, 11) is 0. The average Bonchev–Trinajstić information content (AvgIpc) is 2.63. The summed E-state index contributed by atoms with van der Waals surface area (Å²) in [6.45, 7) is 3.57. The van der Waals surface area contributed by atoms with Crippen LogP contribution in [0.5, 0.6) is 0 Å². The highest BCUT2D eigenvalue weighted by Gasteiger charge is 1.85. The second-order valence-electron chi connectivity index (χ2n) is 4.35. The van der Waals surface area contributed by atoms with E-state index >= 15 is 0 Å². The topological polar surface area (TPSA) is 38.7 Å². The molecule has 0 bridgehead atoms. The molecule has 0 aliphatic heterocycles. The van der Waals surface area contributed by atoms with Gasteiger partial charge >= 0.3 is 0 Å². The number of aromatic nitrogens is 3. The van der Waals surface area contributed by atoms with Gasteiger partial charge in [0.25, 0.3) is 0 Å². The Kier molecular flexibility index (Phi) is 6.25. The third-order valence-corrected chi connectivity index (χ3v) is 2.78. The van der Waals surface area contributed by atoms with Gasteiger partial charge in [-0.2, -0.15) is 0 Å². The summed E-state index contributed by atoms with van der Waals surface area (Å²) < 4.78 is 0. The van der Waals surface area contributed by atoms with Gasteiger partial charge in [-0.3, -0.25) is 15.0 Å². The standard InChI is InChI=1S/C12H10N2.C7H7N/c1(11-3-7-13-8-4-11)2-12-5-9-14-10-6-12;1-2-7-5-3-4-6-8-7/h1-10H;2-6H,1H2/b2-1+;. The summed E-state index contributed by atoms with van der Waals surface area (Å²) in [5, 5.41) is 0. The van der Waals surface area contributed by atoms with E-state index in [1.54, 1.807) is 37.1 Å². The second kappa shape index (κ2) is 8.97. The SMILES string of the molecule is C(=C\c1ccncc1)/c1ccncc1.C=Cc1ccccn1. The molecule has 0 fully saturated rings. The van der Waals surface area contributed by atoms with Crippen LogP contribution in [0.2, 0.25) is 0 Å². The minimum atomic E-state index is 0.924. The Bertz CT molecular complexity index is 651. The van der Waals surface area contributed by atoms with Crippen molar-refractivity contribution in [1.82, 2.24) is 15.0 Å². The zero-order chi connectivity index (χ0) is 15.5. The Labute approximate surface area is 130 Å². The molecular weight excluding hydrogens is 270 g/mol. The fourth-order valence-corrected chi connectivity index (χ4v) is 1.64. The van der Waals surface area contributed by atoms with Crippen molar-refractivity contribution in [3.63, 3.8) is 0 Å². The van der Waals surface area contributed by atoms with Crippen LogP contribution in [0, 0.1) is 0 Å². The van der Waals surface area contributed by atoms with E-state index in [9.17, 15) is 0 Å². The molecule has 0 saturated heterocycles. The van der Waals surface area contributed by atoms with E-state index in [0.29, 0.717) is 0 Å². The van der Waals surface area contributed by atoms with Crippen LogP contribution >= 0.6 is 0 Å². The van der Waals surface area contributed by atoms with E-state index in [1.807, 2.05) is 42.5 Å². The maximum Gasteiger partial charge on any atom is 0.0623 e. The second-order valence-corrected chi connectivity index (χ2v) is 4.35. The minimum absolute atomic E-state index is 0.924. The first-order valence-electron chi connectivity index (χ1n) is 6.90. The molecule has 0 aromatic carbocycles. The molecule has 0 atom stereocenters. The molecule has 3 nitrogen and oxygen atoms in total. The first-order chi connectivity index (χ1) is 10.9. The van der Waals surface area contributed by atoms with E-state index in [0.717, 1.165) is 16.8 Å². The number of hydrogen-bond acceptors (Lipinski definition) is 3. The van der Waals surface area contributed by atoms with Gasteiger partial charge in [0.1, 0.15) is 0 Å². The van der Waals surface area contributed by atoms with Gasteiger partial charge in [-0.25, -0.2) is 0 Å². The van der Waals surface area contributed by atoms with Gasteiger partial charge in [0.05, 0.1) is 5.69 Å². The third kappa shape index (κ3) is 5.51. The molecule has 3 aromatic heterocycles. The monoisotopic (exact) mass is 287 g/mol. The van der Waals surface area contributed by atoms with Crippen LogP contribution in [0.4, 0.5) is 0 Å². The number of rotatable bonds is 3. The normalized spacial score (nSPS) is 9.82. The summed E-state index contributed by atoms with van der Waals surface area (Å²) >= 11 is 0. The summed E-state index contributed by atoms with van der Waals surface area (Å²) in [6, 6.07) is 13.6. The van der Waals surface area contributed by atoms with Crippen molar-refractivity contribution < 1.29 is 0 Å². The van der Waals surface area contributed by atoms with Crippen molar-refractivity contribution in [3.8, 4) is 0 Å². The Morgan fingerprint density at radius 2 is 1.23 bits per heavy atom. The van der Waals surface area contributed by atoms with Crippen LogP contribution in [-0.4, -0.2) is 15.0 Å². The highest BCUT2D eigenvalue weighted by atomic mass is 14.6. The molecule has 0 saturated carbocycles. The third-order valence-electron chi connectivity index (χ3n) is 2.78. The van der Waals surface area contributed by atoms with E-state index < -0.39 is 0 Å². The van der Waals surface area contributed by atoms with Gasteiger partial charge in [-0.1, -0.05) is 24.8 Å². The predicted molar refractivity (Wildman–Crippen MR) is 91.7 cm³/mol. The zero-order valence-corrected chi connectivity index (χ0v) is 12.2. The molecule has 3 heterocycles. The van der Waals surface area contributed by atoms with Gasteiger partial charge in [0.15, 0.2) is 0 Å². The van der Waals surface area contributed by atoms with Gasteiger partial charge < -0.3 is 0 Å². The molecule has 108 valence electrons. The minimum Gasteiger partial charge on any atom is -0.265 e. The van der Waals surface area contributed by atoms with Crippen molar-refractivity contribution in [1.29, 1.82) is 0 Å². The van der Waals surface area contributed by atoms with E-state index in [1.165, 1.54) is 0 Å². The maximum absolute atomic E-state index is 3.98. The highest BCUT2D eigenvalue weighted by molar-refractivity contribution is 5.68. The smallest absolute Gasteiger partial charge is 0.0623 e. The van der Waals surface area contributed by atoms with Gasteiger partial charge in [0.2, 0.25) is 0 Å². The first-order valence-corrected chi connectivity index (χ1v) is 6.90. The van der Waals surface area contributed by atoms with E-state index in [-0.39, 0.29) is 0 Å². The maximum atomic E-state index is 3.98. The van der Waals surface area contributed by atoms with Crippen molar-refractivity contribution in [2.75, 3.05) is 0 Å². The quantitative estimate of drug-likeness (QED) is 0.718. The average molecular weight is 287 g/mol. The summed E-state index contributed by atoms with van der Waals surface area (Å²) in [4.78, 5) is 11.9. The number of hydrogen-bond donors (Lipinski definition) is 0. The molecule has 0 aliphatic rings. The Morgan fingerprint density at radius 1 is 0.682 bits per heavy atom. The van der Waals surface area contributed by atoms with Gasteiger partial charge in [0, 0.05) is 31.0 Å². The molecule has 0 aliphatic carbocycles. The molecule has 3 heteroatoms. The summed E-state index contributed by atoms with van der Waals surface area (Å²) in [5.41, 5.74) is 3.22.